The van der Waals surface area contributed by atoms with Crippen molar-refractivity contribution in [1.82, 2.24) is 9.88 Å². The van der Waals surface area contributed by atoms with Crippen LogP contribution in [0.2, 0.25) is 0 Å². The van der Waals surface area contributed by atoms with Crippen LogP contribution in [0.25, 0.3) is 0 Å². The van der Waals surface area contributed by atoms with E-state index in [4.69, 9.17) is 4.42 Å². The monoisotopic (exact) mass is 286 g/mol. The Labute approximate surface area is 128 Å². The van der Waals surface area contributed by atoms with Crippen molar-refractivity contribution in [3.05, 3.63) is 53.2 Å². The van der Waals surface area contributed by atoms with Gasteiger partial charge in [0.25, 0.3) is 0 Å². The Kier molecular flexibility index (Phi) is 4.52. The molecular formula is C18H26N2O. The second-order valence-electron chi connectivity index (χ2n) is 6.87. The zero-order chi connectivity index (χ0) is 15.6. The summed E-state index contributed by atoms with van der Waals surface area (Å²) >= 11 is 0. The summed E-state index contributed by atoms with van der Waals surface area (Å²) < 4.78 is 5.87. The van der Waals surface area contributed by atoms with Gasteiger partial charge < -0.3 is 4.42 Å². The van der Waals surface area contributed by atoms with Gasteiger partial charge in [-0.25, -0.2) is 4.98 Å². The molecule has 2 aromatic rings. The minimum absolute atomic E-state index is 0.00634. The first kappa shape index (κ1) is 15.8. The summed E-state index contributed by atoms with van der Waals surface area (Å²) in [6.07, 6.45) is 1.85. The smallest absolute Gasteiger partial charge is 0.208 e. The molecule has 1 aromatic heterocycles. The van der Waals surface area contributed by atoms with E-state index in [9.17, 15) is 0 Å². The lowest BCUT2D eigenvalue weighted by Gasteiger charge is -2.24. The topological polar surface area (TPSA) is 29.3 Å². The molecule has 0 radical (unpaired) electrons. The summed E-state index contributed by atoms with van der Waals surface area (Å²) in [6, 6.07) is 9.01. The molecule has 21 heavy (non-hydrogen) atoms. The molecule has 3 nitrogen and oxygen atoms in total. The Morgan fingerprint density at radius 3 is 2.33 bits per heavy atom. The normalized spacial score (nSPS) is 13.7. The van der Waals surface area contributed by atoms with Crippen LogP contribution >= 0.6 is 0 Å². The van der Waals surface area contributed by atoms with Crippen LogP contribution < -0.4 is 0 Å². The molecule has 0 fully saturated rings. The summed E-state index contributed by atoms with van der Waals surface area (Å²) in [5.74, 6) is 1.72. The molecule has 1 aromatic carbocycles. The molecule has 2 rings (SSSR count). The Balaban J connectivity index is 2.05. The highest BCUT2D eigenvalue weighted by Crippen LogP contribution is 2.25. The third kappa shape index (κ3) is 3.94. The van der Waals surface area contributed by atoms with E-state index in [1.54, 1.807) is 0 Å². The third-order valence-corrected chi connectivity index (χ3v) is 3.90. The highest BCUT2D eigenvalue weighted by Gasteiger charge is 2.20. The van der Waals surface area contributed by atoms with Crippen LogP contribution in [0.15, 0.2) is 34.9 Å². The molecule has 0 spiro atoms. The van der Waals surface area contributed by atoms with E-state index >= 15 is 0 Å². The van der Waals surface area contributed by atoms with Crippen molar-refractivity contribution in [3.63, 3.8) is 0 Å². The molecule has 0 saturated carbocycles. The quantitative estimate of drug-likeness (QED) is 0.830. The van der Waals surface area contributed by atoms with Gasteiger partial charge in [-0.15, -0.1) is 0 Å². The van der Waals surface area contributed by atoms with Crippen molar-refractivity contribution >= 4 is 0 Å². The largest absolute Gasteiger partial charge is 0.444 e. The standard InChI is InChI=1S/C18H26N2O/c1-13-7-9-15(10-8-13)14(2)20(6)12-17-19-11-16(21-17)18(3,4)5/h7-11,14H,12H2,1-6H3/t14-/m1/s1. The van der Waals surface area contributed by atoms with E-state index in [0.29, 0.717) is 12.6 Å². The van der Waals surface area contributed by atoms with Gasteiger partial charge in [-0.05, 0) is 26.5 Å². The van der Waals surface area contributed by atoms with Crippen molar-refractivity contribution < 1.29 is 4.42 Å². The average molecular weight is 286 g/mol. The predicted octanol–water partition coefficient (Wildman–Crippen LogP) is 4.47. The Bertz CT molecular complexity index is 578. The average Bonchev–Trinajstić information content (AvgIpc) is 2.87. The Morgan fingerprint density at radius 2 is 1.81 bits per heavy atom. The van der Waals surface area contributed by atoms with Crippen molar-refractivity contribution in [2.45, 2.75) is 52.6 Å². The molecule has 1 heterocycles. The van der Waals surface area contributed by atoms with Crippen LogP contribution in [0.4, 0.5) is 0 Å². The zero-order valence-electron chi connectivity index (χ0n) is 14.0. The number of hydrogen-bond donors (Lipinski definition) is 0. The molecule has 0 aliphatic heterocycles. The van der Waals surface area contributed by atoms with Gasteiger partial charge in [-0.3, -0.25) is 4.90 Å². The van der Waals surface area contributed by atoms with Crippen molar-refractivity contribution in [1.29, 1.82) is 0 Å². The van der Waals surface area contributed by atoms with Gasteiger partial charge in [0.1, 0.15) is 5.76 Å². The lowest BCUT2D eigenvalue weighted by atomic mass is 9.94. The maximum Gasteiger partial charge on any atom is 0.208 e. The number of rotatable bonds is 4. The maximum absolute atomic E-state index is 5.87. The number of aromatic nitrogens is 1. The molecule has 0 N–H and O–H groups in total. The van der Waals surface area contributed by atoms with Gasteiger partial charge >= 0.3 is 0 Å². The van der Waals surface area contributed by atoms with Gasteiger partial charge in [0.05, 0.1) is 12.7 Å². The van der Waals surface area contributed by atoms with Crippen LogP contribution in [0.5, 0.6) is 0 Å². The fraction of sp³-hybridized carbons (Fsp3) is 0.500. The summed E-state index contributed by atoms with van der Waals surface area (Å²) in [6.45, 7) is 11.4. The first-order valence-corrected chi connectivity index (χ1v) is 7.49. The first-order valence-electron chi connectivity index (χ1n) is 7.49. The van der Waals surface area contributed by atoms with Crippen LogP contribution in [-0.4, -0.2) is 16.9 Å². The van der Waals surface area contributed by atoms with Gasteiger partial charge in [0.15, 0.2) is 0 Å². The molecule has 0 aliphatic carbocycles. The van der Waals surface area contributed by atoms with Crippen molar-refractivity contribution in [3.8, 4) is 0 Å². The van der Waals surface area contributed by atoms with Crippen molar-refractivity contribution in [2.75, 3.05) is 7.05 Å². The van der Waals surface area contributed by atoms with Crippen LogP contribution in [0, 0.1) is 6.92 Å². The van der Waals surface area contributed by atoms with Crippen molar-refractivity contribution in [2.24, 2.45) is 0 Å². The second-order valence-corrected chi connectivity index (χ2v) is 6.87. The molecule has 1 atom stereocenters. The van der Waals surface area contributed by atoms with Gasteiger partial charge in [0.2, 0.25) is 5.89 Å². The third-order valence-electron chi connectivity index (χ3n) is 3.90. The minimum atomic E-state index is 0.00634. The molecule has 114 valence electrons. The highest BCUT2D eigenvalue weighted by atomic mass is 16.4. The lowest BCUT2D eigenvalue weighted by molar-refractivity contribution is 0.222. The minimum Gasteiger partial charge on any atom is -0.444 e. The van der Waals surface area contributed by atoms with E-state index in [1.807, 2.05) is 6.20 Å². The molecule has 0 unspecified atom stereocenters. The molecular weight excluding hydrogens is 260 g/mol. The number of nitrogens with zero attached hydrogens (tertiary/aromatic N) is 2. The highest BCUT2D eigenvalue weighted by molar-refractivity contribution is 5.23. The zero-order valence-corrected chi connectivity index (χ0v) is 14.0. The Morgan fingerprint density at radius 1 is 1.19 bits per heavy atom. The van der Waals surface area contributed by atoms with Crippen LogP contribution in [0.1, 0.15) is 56.5 Å². The van der Waals surface area contributed by atoms with E-state index < -0.39 is 0 Å². The summed E-state index contributed by atoms with van der Waals surface area (Å²) in [5.41, 5.74) is 2.61. The fourth-order valence-corrected chi connectivity index (χ4v) is 2.18. The summed E-state index contributed by atoms with van der Waals surface area (Å²) in [7, 11) is 2.10. The second kappa shape index (κ2) is 6.02. The molecule has 0 amide bonds. The number of hydrogen-bond acceptors (Lipinski definition) is 3. The molecule has 0 aliphatic rings. The molecule has 0 saturated heterocycles. The van der Waals surface area contributed by atoms with Gasteiger partial charge in [-0.2, -0.15) is 0 Å². The number of benzene rings is 1. The summed E-state index contributed by atoms with van der Waals surface area (Å²) in [5, 5.41) is 0. The fourth-order valence-electron chi connectivity index (χ4n) is 2.18. The number of aryl methyl sites for hydroxylation is 1. The van der Waals surface area contributed by atoms with Gasteiger partial charge in [0, 0.05) is 11.5 Å². The molecule has 3 heteroatoms. The van der Waals surface area contributed by atoms with Gasteiger partial charge in [-0.1, -0.05) is 50.6 Å². The first-order chi connectivity index (χ1) is 9.77. The van der Waals surface area contributed by atoms with E-state index in [0.717, 1.165) is 11.7 Å². The molecule has 0 bridgehead atoms. The number of oxazole rings is 1. The van der Waals surface area contributed by atoms with Crippen LogP contribution in [-0.2, 0) is 12.0 Å². The van der Waals surface area contributed by atoms with E-state index in [1.165, 1.54) is 11.1 Å². The maximum atomic E-state index is 5.87. The lowest BCUT2D eigenvalue weighted by Crippen LogP contribution is -2.22. The van der Waals surface area contributed by atoms with E-state index in [2.05, 4.69) is 75.8 Å². The Hall–Kier alpha value is -1.61. The predicted molar refractivity (Wildman–Crippen MR) is 86.3 cm³/mol. The van der Waals surface area contributed by atoms with Crippen LogP contribution in [0.3, 0.4) is 0 Å². The SMILES string of the molecule is Cc1ccc([C@@H](C)N(C)Cc2ncc(C(C)(C)C)o2)cc1. The summed E-state index contributed by atoms with van der Waals surface area (Å²) in [4.78, 5) is 6.66. The van der Waals surface area contributed by atoms with E-state index in [-0.39, 0.29) is 5.41 Å².